The maximum atomic E-state index is 12.0. The third-order valence-corrected chi connectivity index (χ3v) is 2.96. The van der Waals surface area contributed by atoms with Crippen molar-refractivity contribution in [3.8, 4) is 0 Å². The van der Waals surface area contributed by atoms with Crippen molar-refractivity contribution >= 4 is 6.03 Å². The van der Waals surface area contributed by atoms with E-state index in [1.165, 1.54) is 12.8 Å². The molecule has 1 fully saturated rings. The summed E-state index contributed by atoms with van der Waals surface area (Å²) in [6.07, 6.45) is 5.73. The number of rotatable bonds is 6. The Balaban J connectivity index is 2.36. The highest BCUT2D eigenvalue weighted by atomic mass is 16.2. The summed E-state index contributed by atoms with van der Waals surface area (Å²) in [6.45, 7) is 8.14. The van der Waals surface area contributed by atoms with Crippen LogP contribution in [0.1, 0.15) is 46.0 Å². The first-order chi connectivity index (χ1) is 7.29. The van der Waals surface area contributed by atoms with E-state index in [0.717, 1.165) is 45.4 Å². The van der Waals surface area contributed by atoms with Crippen LogP contribution in [0.4, 0.5) is 4.79 Å². The molecule has 2 amide bonds. The fourth-order valence-electron chi connectivity index (χ4n) is 1.96. The molecule has 0 aliphatic carbocycles. The van der Waals surface area contributed by atoms with Gasteiger partial charge in [0.15, 0.2) is 0 Å². The Kier molecular flexibility index (Phi) is 5.51. The van der Waals surface area contributed by atoms with Crippen LogP contribution in [0, 0.1) is 0 Å². The smallest absolute Gasteiger partial charge is 0.319 e. The first-order valence-electron chi connectivity index (χ1n) is 6.33. The summed E-state index contributed by atoms with van der Waals surface area (Å²) in [6, 6.07) is 0.267. The highest BCUT2D eigenvalue weighted by molar-refractivity contribution is 5.75. The van der Waals surface area contributed by atoms with Crippen molar-refractivity contribution in [3.05, 3.63) is 0 Å². The highest BCUT2D eigenvalue weighted by Gasteiger charge is 2.23. The van der Waals surface area contributed by atoms with Crippen LogP contribution in [0.3, 0.4) is 0 Å². The third-order valence-electron chi connectivity index (χ3n) is 2.96. The minimum atomic E-state index is 0.267. The van der Waals surface area contributed by atoms with Crippen molar-refractivity contribution < 1.29 is 4.79 Å². The summed E-state index contributed by atoms with van der Waals surface area (Å²) in [5.74, 6) is 0. The SMILES string of the molecule is CCCCN1CCCN(CCCC)C1=O. The van der Waals surface area contributed by atoms with Gasteiger partial charge in [-0.3, -0.25) is 0 Å². The van der Waals surface area contributed by atoms with E-state index in [-0.39, 0.29) is 6.03 Å². The quantitative estimate of drug-likeness (QED) is 0.664. The van der Waals surface area contributed by atoms with Crippen LogP contribution in [-0.2, 0) is 0 Å². The number of hydrogen-bond acceptors (Lipinski definition) is 1. The van der Waals surface area contributed by atoms with Gasteiger partial charge in [0.1, 0.15) is 0 Å². The molecule has 0 bridgehead atoms. The maximum Gasteiger partial charge on any atom is 0.319 e. The van der Waals surface area contributed by atoms with E-state index in [4.69, 9.17) is 0 Å². The van der Waals surface area contributed by atoms with Crippen molar-refractivity contribution in [3.63, 3.8) is 0 Å². The molecule has 0 aromatic rings. The molecule has 1 saturated heterocycles. The summed E-state index contributed by atoms with van der Waals surface area (Å²) in [5.41, 5.74) is 0. The van der Waals surface area contributed by atoms with E-state index in [2.05, 4.69) is 13.8 Å². The van der Waals surface area contributed by atoms with E-state index < -0.39 is 0 Å². The predicted octanol–water partition coefficient (Wildman–Crippen LogP) is 2.71. The fourth-order valence-corrected chi connectivity index (χ4v) is 1.96. The number of hydrogen-bond donors (Lipinski definition) is 0. The second-order valence-electron chi connectivity index (χ2n) is 4.32. The van der Waals surface area contributed by atoms with Crippen LogP contribution in [0.15, 0.2) is 0 Å². The van der Waals surface area contributed by atoms with Crippen molar-refractivity contribution in [1.29, 1.82) is 0 Å². The Morgan fingerprint density at radius 1 is 1.00 bits per heavy atom. The summed E-state index contributed by atoms with van der Waals surface area (Å²) in [7, 11) is 0. The largest absolute Gasteiger partial charge is 0.325 e. The summed E-state index contributed by atoms with van der Waals surface area (Å²) in [4.78, 5) is 16.0. The van der Waals surface area contributed by atoms with Gasteiger partial charge < -0.3 is 9.80 Å². The zero-order chi connectivity index (χ0) is 11.1. The summed E-state index contributed by atoms with van der Waals surface area (Å²) in [5, 5.41) is 0. The zero-order valence-electron chi connectivity index (χ0n) is 10.2. The van der Waals surface area contributed by atoms with Crippen LogP contribution in [0.2, 0.25) is 0 Å². The molecule has 1 rings (SSSR count). The van der Waals surface area contributed by atoms with Crippen LogP contribution in [0.25, 0.3) is 0 Å². The third kappa shape index (κ3) is 3.73. The molecule has 1 heterocycles. The van der Waals surface area contributed by atoms with Gasteiger partial charge >= 0.3 is 6.03 Å². The minimum absolute atomic E-state index is 0.267. The lowest BCUT2D eigenvalue weighted by atomic mass is 10.2. The second-order valence-corrected chi connectivity index (χ2v) is 4.32. The summed E-state index contributed by atoms with van der Waals surface area (Å²) < 4.78 is 0. The lowest BCUT2D eigenvalue weighted by Gasteiger charge is -2.35. The molecule has 0 spiro atoms. The standard InChI is InChI=1S/C12H24N2O/c1-3-5-8-13-10-7-11-14(12(13)15)9-6-4-2/h3-11H2,1-2H3. The molecule has 0 N–H and O–H groups in total. The molecule has 3 nitrogen and oxygen atoms in total. The molecule has 1 aliphatic rings. The van der Waals surface area contributed by atoms with Crippen molar-refractivity contribution in [2.24, 2.45) is 0 Å². The monoisotopic (exact) mass is 212 g/mol. The van der Waals surface area contributed by atoms with E-state index in [0.29, 0.717) is 0 Å². The lowest BCUT2D eigenvalue weighted by molar-refractivity contribution is 0.128. The maximum absolute atomic E-state index is 12.0. The van der Waals surface area contributed by atoms with Crippen molar-refractivity contribution in [1.82, 2.24) is 9.80 Å². The number of nitrogens with zero attached hydrogens (tertiary/aromatic N) is 2. The highest BCUT2D eigenvalue weighted by Crippen LogP contribution is 2.11. The van der Waals surface area contributed by atoms with E-state index in [9.17, 15) is 4.79 Å². The molecule has 0 atom stereocenters. The molecule has 15 heavy (non-hydrogen) atoms. The van der Waals surface area contributed by atoms with Crippen molar-refractivity contribution in [2.45, 2.75) is 46.0 Å². The predicted molar refractivity (Wildman–Crippen MR) is 63.0 cm³/mol. The van der Waals surface area contributed by atoms with Crippen LogP contribution in [-0.4, -0.2) is 42.0 Å². The Morgan fingerprint density at radius 3 is 1.87 bits per heavy atom. The number of carbonyl (C=O) groups is 1. The Hall–Kier alpha value is -0.730. The van der Waals surface area contributed by atoms with Crippen LogP contribution in [0.5, 0.6) is 0 Å². The first kappa shape index (κ1) is 12.3. The average molecular weight is 212 g/mol. The number of unbranched alkanes of at least 4 members (excludes halogenated alkanes) is 2. The fraction of sp³-hybridized carbons (Fsp3) is 0.917. The van der Waals surface area contributed by atoms with Gasteiger partial charge in [-0.15, -0.1) is 0 Å². The number of urea groups is 1. The van der Waals surface area contributed by atoms with Gasteiger partial charge in [0.05, 0.1) is 0 Å². The molecule has 0 saturated carbocycles. The normalized spacial score (nSPS) is 17.3. The van der Waals surface area contributed by atoms with Gasteiger partial charge in [0.2, 0.25) is 0 Å². The van der Waals surface area contributed by atoms with Gasteiger partial charge in [-0.2, -0.15) is 0 Å². The molecule has 0 aromatic heterocycles. The molecule has 88 valence electrons. The Morgan fingerprint density at radius 2 is 1.47 bits per heavy atom. The van der Waals surface area contributed by atoms with E-state index in [1.807, 2.05) is 9.80 Å². The average Bonchev–Trinajstić information content (AvgIpc) is 2.26. The van der Waals surface area contributed by atoms with Crippen molar-refractivity contribution in [2.75, 3.05) is 26.2 Å². The van der Waals surface area contributed by atoms with E-state index in [1.54, 1.807) is 0 Å². The number of carbonyl (C=O) groups excluding carboxylic acids is 1. The van der Waals surface area contributed by atoms with E-state index >= 15 is 0 Å². The molecule has 3 heteroatoms. The molecule has 0 aromatic carbocycles. The summed E-state index contributed by atoms with van der Waals surface area (Å²) >= 11 is 0. The first-order valence-corrected chi connectivity index (χ1v) is 6.33. The van der Waals surface area contributed by atoms with Gasteiger partial charge in [-0.1, -0.05) is 26.7 Å². The topological polar surface area (TPSA) is 23.6 Å². The molecule has 1 aliphatic heterocycles. The van der Waals surface area contributed by atoms with Crippen LogP contribution >= 0.6 is 0 Å². The Bertz CT molecular complexity index is 176. The Labute approximate surface area is 93.4 Å². The number of amides is 2. The minimum Gasteiger partial charge on any atom is -0.325 e. The lowest BCUT2D eigenvalue weighted by Crippen LogP contribution is -2.49. The van der Waals surface area contributed by atoms with Crippen LogP contribution < -0.4 is 0 Å². The van der Waals surface area contributed by atoms with Gasteiger partial charge in [-0.25, -0.2) is 4.79 Å². The zero-order valence-corrected chi connectivity index (χ0v) is 10.2. The van der Waals surface area contributed by atoms with Gasteiger partial charge in [0.25, 0.3) is 0 Å². The molecular formula is C12H24N2O. The molecule has 0 unspecified atom stereocenters. The molecule has 0 radical (unpaired) electrons. The van der Waals surface area contributed by atoms with Gasteiger partial charge in [0, 0.05) is 26.2 Å². The van der Waals surface area contributed by atoms with Gasteiger partial charge in [-0.05, 0) is 19.3 Å². The molecular weight excluding hydrogens is 188 g/mol. The second kappa shape index (κ2) is 6.70.